The van der Waals surface area contributed by atoms with Crippen LogP contribution < -0.4 is 5.32 Å². The van der Waals surface area contributed by atoms with Crippen LogP contribution in [0.15, 0.2) is 0 Å². The van der Waals surface area contributed by atoms with E-state index in [2.05, 4.69) is 5.32 Å². The zero-order chi connectivity index (χ0) is 12.1. The van der Waals surface area contributed by atoms with Crippen LogP contribution in [0.3, 0.4) is 0 Å². The maximum absolute atomic E-state index is 12.0. The Balaban J connectivity index is 1.70. The van der Waals surface area contributed by atoms with E-state index in [0.29, 0.717) is 6.10 Å². The number of likely N-dealkylation sites (N-methyl/N-ethyl adjacent to an activating group) is 1. The number of rotatable bonds is 5. The van der Waals surface area contributed by atoms with Crippen molar-refractivity contribution in [3.63, 3.8) is 0 Å². The van der Waals surface area contributed by atoms with Crippen LogP contribution in [0.4, 0.5) is 0 Å². The van der Waals surface area contributed by atoms with Gasteiger partial charge < -0.3 is 15.0 Å². The summed E-state index contributed by atoms with van der Waals surface area (Å²) in [7, 11) is 0. The first-order valence-corrected chi connectivity index (χ1v) is 6.95. The molecular formula is C13H24N2O2. The molecule has 0 radical (unpaired) electrons. The van der Waals surface area contributed by atoms with Crippen molar-refractivity contribution in [3.8, 4) is 0 Å². The Morgan fingerprint density at radius 1 is 1.41 bits per heavy atom. The van der Waals surface area contributed by atoms with Gasteiger partial charge in [-0.15, -0.1) is 0 Å². The van der Waals surface area contributed by atoms with E-state index in [0.717, 1.165) is 39.1 Å². The van der Waals surface area contributed by atoms with Gasteiger partial charge in [0.2, 0.25) is 5.91 Å². The molecule has 4 heteroatoms. The highest BCUT2D eigenvalue weighted by Gasteiger charge is 2.30. The Labute approximate surface area is 104 Å². The number of hydrogen-bond acceptors (Lipinski definition) is 3. The molecule has 0 aromatic heterocycles. The summed E-state index contributed by atoms with van der Waals surface area (Å²) in [6.45, 7) is 5.59. The third-order valence-corrected chi connectivity index (χ3v) is 3.74. The Kier molecular flexibility index (Phi) is 4.80. The Bertz CT molecular complexity index is 252. The molecular weight excluding hydrogens is 216 g/mol. The summed E-state index contributed by atoms with van der Waals surface area (Å²) in [6, 6.07) is 0.0623. The monoisotopic (exact) mass is 240 g/mol. The molecule has 2 saturated heterocycles. The highest BCUT2D eigenvalue weighted by atomic mass is 16.5. The first-order chi connectivity index (χ1) is 8.31. The number of ether oxygens (including phenoxy) is 1. The lowest BCUT2D eigenvalue weighted by molar-refractivity contribution is -0.129. The average Bonchev–Trinajstić information content (AvgIpc) is 2.70. The van der Waals surface area contributed by atoms with E-state index in [1.807, 2.05) is 11.8 Å². The van der Waals surface area contributed by atoms with Gasteiger partial charge in [-0.05, 0) is 38.6 Å². The van der Waals surface area contributed by atoms with Gasteiger partial charge in [-0.2, -0.15) is 0 Å². The van der Waals surface area contributed by atoms with E-state index in [4.69, 9.17) is 4.74 Å². The van der Waals surface area contributed by atoms with Crippen molar-refractivity contribution in [3.05, 3.63) is 0 Å². The van der Waals surface area contributed by atoms with Gasteiger partial charge in [-0.25, -0.2) is 0 Å². The second kappa shape index (κ2) is 6.36. The van der Waals surface area contributed by atoms with E-state index in [1.165, 1.54) is 19.3 Å². The first kappa shape index (κ1) is 12.8. The summed E-state index contributed by atoms with van der Waals surface area (Å²) in [5, 5.41) is 3.24. The largest absolute Gasteiger partial charge is 0.378 e. The fourth-order valence-corrected chi connectivity index (χ4v) is 2.73. The summed E-state index contributed by atoms with van der Waals surface area (Å²) in [5.74, 6) is 0.280. The molecule has 98 valence electrons. The lowest BCUT2D eigenvalue weighted by Gasteiger charge is -2.25. The fraction of sp³-hybridized carbons (Fsp3) is 0.923. The third-order valence-electron chi connectivity index (χ3n) is 3.74. The zero-order valence-corrected chi connectivity index (χ0v) is 10.8. The van der Waals surface area contributed by atoms with Crippen molar-refractivity contribution in [1.82, 2.24) is 10.2 Å². The second-order valence-electron chi connectivity index (χ2n) is 5.00. The van der Waals surface area contributed by atoms with Gasteiger partial charge in [0.1, 0.15) is 0 Å². The highest BCUT2D eigenvalue weighted by Crippen LogP contribution is 2.18. The molecule has 0 aromatic carbocycles. The van der Waals surface area contributed by atoms with E-state index in [1.54, 1.807) is 0 Å². The van der Waals surface area contributed by atoms with Crippen molar-refractivity contribution in [1.29, 1.82) is 0 Å². The normalized spacial score (nSPS) is 29.9. The van der Waals surface area contributed by atoms with Gasteiger partial charge in [0.15, 0.2) is 0 Å². The lowest BCUT2D eigenvalue weighted by atomic mass is 10.1. The molecule has 0 spiro atoms. The molecule has 1 amide bonds. The van der Waals surface area contributed by atoms with Crippen molar-refractivity contribution >= 4 is 5.91 Å². The van der Waals surface area contributed by atoms with Gasteiger partial charge in [-0.1, -0.05) is 6.92 Å². The Morgan fingerprint density at radius 3 is 3.00 bits per heavy atom. The van der Waals surface area contributed by atoms with Crippen LogP contribution in [0.25, 0.3) is 0 Å². The molecule has 0 saturated carbocycles. The summed E-state index contributed by atoms with van der Waals surface area (Å²) in [5.41, 5.74) is 0. The quantitative estimate of drug-likeness (QED) is 0.784. The molecule has 1 N–H and O–H groups in total. The van der Waals surface area contributed by atoms with Gasteiger partial charge >= 0.3 is 0 Å². The second-order valence-corrected chi connectivity index (χ2v) is 5.00. The molecule has 2 atom stereocenters. The van der Waals surface area contributed by atoms with Gasteiger partial charge in [0.25, 0.3) is 0 Å². The minimum atomic E-state index is 0.0623. The Morgan fingerprint density at radius 2 is 2.29 bits per heavy atom. The predicted octanol–water partition coefficient (Wildman–Crippen LogP) is 1.16. The maximum atomic E-state index is 12.0. The van der Waals surface area contributed by atoms with Crippen molar-refractivity contribution in [2.24, 2.45) is 0 Å². The van der Waals surface area contributed by atoms with Gasteiger partial charge in [0.05, 0.1) is 12.1 Å². The topological polar surface area (TPSA) is 41.6 Å². The third kappa shape index (κ3) is 3.42. The molecule has 0 aromatic rings. The number of carbonyl (C=O) groups is 1. The summed E-state index contributed by atoms with van der Waals surface area (Å²) >= 11 is 0. The first-order valence-electron chi connectivity index (χ1n) is 6.95. The van der Waals surface area contributed by atoms with Crippen molar-refractivity contribution in [2.75, 3.05) is 26.2 Å². The molecule has 2 unspecified atom stereocenters. The molecule has 2 rings (SSSR count). The average molecular weight is 240 g/mol. The maximum Gasteiger partial charge on any atom is 0.239 e. The highest BCUT2D eigenvalue weighted by molar-refractivity contribution is 5.83. The molecule has 2 fully saturated rings. The van der Waals surface area contributed by atoms with E-state index < -0.39 is 0 Å². The van der Waals surface area contributed by atoms with Crippen LogP contribution in [0, 0.1) is 0 Å². The molecule has 17 heavy (non-hydrogen) atoms. The zero-order valence-electron chi connectivity index (χ0n) is 10.8. The molecule has 2 heterocycles. The van der Waals surface area contributed by atoms with Gasteiger partial charge in [0, 0.05) is 19.7 Å². The predicted molar refractivity (Wildman–Crippen MR) is 66.9 cm³/mol. The fourth-order valence-electron chi connectivity index (χ4n) is 2.73. The minimum absolute atomic E-state index is 0.0623. The SMILES string of the molecule is CCNC1CCN(CCC2CCCCO2)C1=O. The number of hydrogen-bond donors (Lipinski definition) is 1. The molecule has 0 aliphatic carbocycles. The lowest BCUT2D eigenvalue weighted by Crippen LogP contribution is -2.39. The van der Waals surface area contributed by atoms with E-state index >= 15 is 0 Å². The van der Waals surface area contributed by atoms with Crippen LogP contribution in [-0.2, 0) is 9.53 Å². The standard InChI is InChI=1S/C13H24N2O2/c1-2-14-12-7-9-15(13(12)16)8-6-11-5-3-4-10-17-11/h11-12,14H,2-10H2,1H3. The molecule has 2 aliphatic heterocycles. The minimum Gasteiger partial charge on any atom is -0.378 e. The molecule has 0 bridgehead atoms. The van der Waals surface area contributed by atoms with Crippen LogP contribution in [0.5, 0.6) is 0 Å². The number of nitrogens with one attached hydrogen (secondary N) is 1. The number of carbonyl (C=O) groups excluding carboxylic acids is 1. The summed E-state index contributed by atoms with van der Waals surface area (Å²) < 4.78 is 5.69. The van der Waals surface area contributed by atoms with Crippen LogP contribution in [-0.4, -0.2) is 49.2 Å². The smallest absolute Gasteiger partial charge is 0.239 e. The summed E-state index contributed by atoms with van der Waals surface area (Å²) in [6.07, 6.45) is 5.98. The Hall–Kier alpha value is -0.610. The van der Waals surface area contributed by atoms with Gasteiger partial charge in [-0.3, -0.25) is 4.79 Å². The number of amides is 1. The van der Waals surface area contributed by atoms with Crippen molar-refractivity contribution in [2.45, 2.75) is 51.2 Å². The van der Waals surface area contributed by atoms with Crippen LogP contribution >= 0.6 is 0 Å². The van der Waals surface area contributed by atoms with E-state index in [-0.39, 0.29) is 11.9 Å². The summed E-state index contributed by atoms with van der Waals surface area (Å²) in [4.78, 5) is 14.0. The van der Waals surface area contributed by atoms with Crippen LogP contribution in [0.2, 0.25) is 0 Å². The van der Waals surface area contributed by atoms with E-state index in [9.17, 15) is 4.79 Å². The van der Waals surface area contributed by atoms with Crippen LogP contribution in [0.1, 0.15) is 39.0 Å². The van der Waals surface area contributed by atoms with Crippen molar-refractivity contribution < 1.29 is 9.53 Å². The number of nitrogens with zero attached hydrogens (tertiary/aromatic N) is 1. The number of likely N-dealkylation sites (tertiary alicyclic amines) is 1. The molecule has 4 nitrogen and oxygen atoms in total. The molecule has 2 aliphatic rings.